The molecule has 0 aliphatic carbocycles. The van der Waals surface area contributed by atoms with E-state index < -0.39 is 28.5 Å². The zero-order valence-electron chi connectivity index (χ0n) is 24.8. The summed E-state index contributed by atoms with van der Waals surface area (Å²) in [4.78, 5) is 29.7. The van der Waals surface area contributed by atoms with Crippen LogP contribution in [0.25, 0.3) is 0 Å². The van der Waals surface area contributed by atoms with Crippen molar-refractivity contribution in [2.75, 3.05) is 10.8 Å². The zero-order chi connectivity index (χ0) is 31.9. The first-order valence-electron chi connectivity index (χ1n) is 14.2. The monoisotopic (exact) mass is 695 g/mol. The molecule has 10 heteroatoms. The maximum absolute atomic E-state index is 14.4. The van der Waals surface area contributed by atoms with Crippen LogP contribution in [0.3, 0.4) is 0 Å². The zero-order valence-corrected chi connectivity index (χ0v) is 27.9. The van der Waals surface area contributed by atoms with Crippen molar-refractivity contribution in [3.63, 3.8) is 0 Å². The molecule has 0 aliphatic rings. The Morgan fingerprint density at radius 3 is 2.05 bits per heavy atom. The number of halogens is 2. The van der Waals surface area contributed by atoms with Gasteiger partial charge in [0, 0.05) is 28.5 Å². The van der Waals surface area contributed by atoms with Gasteiger partial charge in [0.15, 0.2) is 0 Å². The van der Waals surface area contributed by atoms with Crippen LogP contribution in [0.4, 0.5) is 5.69 Å². The number of amides is 2. The molecule has 0 radical (unpaired) electrons. The minimum Gasteiger partial charge on any atom is -0.352 e. The fourth-order valence-corrected chi connectivity index (χ4v) is 6.50. The number of hydrogen-bond donors (Lipinski definition) is 1. The van der Waals surface area contributed by atoms with E-state index in [0.717, 1.165) is 25.5 Å². The van der Waals surface area contributed by atoms with Crippen LogP contribution in [0.2, 0.25) is 5.02 Å². The molecule has 4 aromatic rings. The van der Waals surface area contributed by atoms with Gasteiger partial charge in [0.25, 0.3) is 10.0 Å². The molecule has 4 rings (SSSR count). The van der Waals surface area contributed by atoms with Gasteiger partial charge in [-0.05, 0) is 80.4 Å². The summed E-state index contributed by atoms with van der Waals surface area (Å²) in [6.07, 6.45) is 0.243. The van der Waals surface area contributed by atoms with E-state index in [-0.39, 0.29) is 35.5 Å². The van der Waals surface area contributed by atoms with E-state index in [2.05, 4.69) is 21.2 Å². The van der Waals surface area contributed by atoms with Crippen LogP contribution >= 0.6 is 27.5 Å². The Morgan fingerprint density at radius 2 is 1.45 bits per heavy atom. The summed E-state index contributed by atoms with van der Waals surface area (Å²) in [6.45, 7) is 5.14. The Labute approximate surface area is 273 Å². The largest absolute Gasteiger partial charge is 0.352 e. The Hall–Kier alpha value is -3.66. The predicted molar refractivity (Wildman–Crippen MR) is 179 cm³/mol. The first-order valence-corrected chi connectivity index (χ1v) is 16.8. The van der Waals surface area contributed by atoms with Crippen molar-refractivity contribution < 1.29 is 18.0 Å². The van der Waals surface area contributed by atoms with Crippen molar-refractivity contribution in [2.24, 2.45) is 0 Å². The van der Waals surface area contributed by atoms with Gasteiger partial charge in [-0.3, -0.25) is 13.9 Å². The Morgan fingerprint density at radius 1 is 0.841 bits per heavy atom. The second-order valence-corrected chi connectivity index (χ2v) is 14.0. The van der Waals surface area contributed by atoms with E-state index >= 15 is 0 Å². The van der Waals surface area contributed by atoms with Gasteiger partial charge in [-0.25, -0.2) is 8.42 Å². The summed E-state index contributed by atoms with van der Waals surface area (Å²) in [7, 11) is -4.18. The molecule has 0 heterocycles. The molecular formula is C34H35BrClN3O4S. The third kappa shape index (κ3) is 8.71. The lowest BCUT2D eigenvalue weighted by atomic mass is 10.0. The molecule has 0 aromatic heterocycles. The van der Waals surface area contributed by atoms with Crippen molar-refractivity contribution in [2.45, 2.75) is 50.7 Å². The number of sulfonamides is 1. The standard InChI is InChI=1S/C34H35BrClN3O4S/c1-24(2)37-34(41)32(21-26-7-5-4-6-8-26)38(22-27-11-13-28(35)14-12-27)33(40)23-39(30-17-15-29(36)16-18-30)44(42,43)31-19-9-25(3)10-20-31/h4-20,24,32H,21-23H2,1-3H3,(H,37,41)/t32-/m0/s1. The minimum atomic E-state index is -4.18. The van der Waals surface area contributed by atoms with Crippen LogP contribution < -0.4 is 9.62 Å². The fourth-order valence-electron chi connectivity index (χ4n) is 4.69. The molecule has 0 saturated carbocycles. The molecule has 2 amide bonds. The van der Waals surface area contributed by atoms with E-state index in [1.807, 2.05) is 75.4 Å². The second kappa shape index (κ2) is 14.9. The smallest absolute Gasteiger partial charge is 0.264 e. The van der Waals surface area contributed by atoms with E-state index in [9.17, 15) is 18.0 Å². The molecule has 44 heavy (non-hydrogen) atoms. The Balaban J connectivity index is 1.79. The molecule has 0 saturated heterocycles. The Kier molecular flexibility index (Phi) is 11.2. The normalized spacial score (nSPS) is 12.0. The number of carbonyl (C=O) groups is 2. The highest BCUT2D eigenvalue weighted by molar-refractivity contribution is 9.10. The maximum Gasteiger partial charge on any atom is 0.264 e. The maximum atomic E-state index is 14.4. The third-order valence-corrected chi connectivity index (χ3v) is 9.54. The number of rotatable bonds is 12. The molecule has 1 atom stereocenters. The quantitative estimate of drug-likeness (QED) is 0.177. The molecular weight excluding hydrogens is 662 g/mol. The van der Waals surface area contributed by atoms with Gasteiger partial charge in [0.1, 0.15) is 12.6 Å². The number of nitrogens with zero attached hydrogens (tertiary/aromatic N) is 2. The van der Waals surface area contributed by atoms with Crippen LogP contribution in [0.1, 0.15) is 30.5 Å². The van der Waals surface area contributed by atoms with Gasteiger partial charge >= 0.3 is 0 Å². The van der Waals surface area contributed by atoms with Crippen LogP contribution in [-0.2, 0) is 32.6 Å². The molecule has 0 bridgehead atoms. The van der Waals surface area contributed by atoms with Gasteiger partial charge in [-0.2, -0.15) is 0 Å². The summed E-state index contributed by atoms with van der Waals surface area (Å²) < 4.78 is 30.1. The number of hydrogen-bond acceptors (Lipinski definition) is 4. The van der Waals surface area contributed by atoms with Crippen molar-refractivity contribution in [1.29, 1.82) is 0 Å². The highest BCUT2D eigenvalue weighted by atomic mass is 79.9. The molecule has 230 valence electrons. The van der Waals surface area contributed by atoms with Crippen LogP contribution in [-0.4, -0.2) is 43.8 Å². The number of aryl methyl sites for hydroxylation is 1. The molecule has 0 unspecified atom stereocenters. The number of anilines is 1. The lowest BCUT2D eigenvalue weighted by molar-refractivity contribution is -0.140. The first-order chi connectivity index (χ1) is 20.9. The van der Waals surface area contributed by atoms with Crippen molar-refractivity contribution in [3.8, 4) is 0 Å². The predicted octanol–water partition coefficient (Wildman–Crippen LogP) is 6.77. The average molecular weight is 697 g/mol. The minimum absolute atomic E-state index is 0.0451. The molecule has 0 fully saturated rings. The van der Waals surface area contributed by atoms with E-state index in [0.29, 0.717) is 5.02 Å². The number of benzene rings is 4. The lowest BCUT2D eigenvalue weighted by Gasteiger charge is -2.34. The topological polar surface area (TPSA) is 86.8 Å². The van der Waals surface area contributed by atoms with Gasteiger partial charge in [-0.15, -0.1) is 0 Å². The van der Waals surface area contributed by atoms with Gasteiger partial charge in [0.05, 0.1) is 10.6 Å². The average Bonchev–Trinajstić information content (AvgIpc) is 2.99. The summed E-state index contributed by atoms with van der Waals surface area (Å²) in [5.41, 5.74) is 2.83. The number of nitrogens with one attached hydrogen (secondary N) is 1. The Bertz CT molecular complexity index is 1660. The van der Waals surface area contributed by atoms with E-state index in [1.54, 1.807) is 36.4 Å². The van der Waals surface area contributed by atoms with E-state index in [1.165, 1.54) is 17.0 Å². The van der Waals surface area contributed by atoms with Crippen LogP contribution in [0.5, 0.6) is 0 Å². The highest BCUT2D eigenvalue weighted by Crippen LogP contribution is 2.27. The first kappa shape index (κ1) is 33.2. The van der Waals surface area contributed by atoms with E-state index in [4.69, 9.17) is 11.6 Å². The van der Waals surface area contributed by atoms with Crippen molar-refractivity contribution >= 4 is 55.1 Å². The highest BCUT2D eigenvalue weighted by Gasteiger charge is 2.34. The number of carbonyl (C=O) groups excluding carboxylic acids is 2. The molecule has 7 nitrogen and oxygen atoms in total. The van der Waals surface area contributed by atoms with Crippen LogP contribution in [0, 0.1) is 6.92 Å². The van der Waals surface area contributed by atoms with Gasteiger partial charge in [0.2, 0.25) is 11.8 Å². The third-order valence-electron chi connectivity index (χ3n) is 6.97. The fraction of sp³-hybridized carbons (Fsp3) is 0.235. The summed E-state index contributed by atoms with van der Waals surface area (Å²) in [6, 6.07) is 28.6. The summed E-state index contributed by atoms with van der Waals surface area (Å²) >= 11 is 9.58. The molecule has 0 aliphatic heterocycles. The molecule has 4 aromatic carbocycles. The van der Waals surface area contributed by atoms with Gasteiger partial charge in [-0.1, -0.05) is 87.7 Å². The van der Waals surface area contributed by atoms with Crippen molar-refractivity contribution in [3.05, 3.63) is 129 Å². The summed E-state index contributed by atoms with van der Waals surface area (Å²) in [5, 5.41) is 3.39. The molecule has 1 N–H and O–H groups in total. The second-order valence-electron chi connectivity index (χ2n) is 10.8. The lowest BCUT2D eigenvalue weighted by Crippen LogP contribution is -2.54. The van der Waals surface area contributed by atoms with Gasteiger partial charge < -0.3 is 10.2 Å². The van der Waals surface area contributed by atoms with Crippen molar-refractivity contribution in [1.82, 2.24) is 10.2 Å². The van der Waals surface area contributed by atoms with Crippen LogP contribution in [0.15, 0.2) is 112 Å². The SMILES string of the molecule is Cc1ccc(S(=O)(=O)N(CC(=O)N(Cc2ccc(Br)cc2)[C@@H](Cc2ccccc2)C(=O)NC(C)C)c2ccc(Cl)cc2)cc1. The summed E-state index contributed by atoms with van der Waals surface area (Å²) in [5.74, 6) is -0.854. The molecule has 0 spiro atoms.